The third-order valence-corrected chi connectivity index (χ3v) is 5.12. The minimum atomic E-state index is 0.462. The molecule has 2 nitrogen and oxygen atoms in total. The van der Waals surface area contributed by atoms with Gasteiger partial charge in [-0.25, -0.2) is 0 Å². The van der Waals surface area contributed by atoms with E-state index >= 15 is 0 Å². The predicted octanol–water partition coefficient (Wildman–Crippen LogP) is 3.44. The number of rotatable bonds is 5. The Morgan fingerprint density at radius 2 is 2.00 bits per heavy atom. The van der Waals surface area contributed by atoms with Gasteiger partial charge in [0.25, 0.3) is 0 Å². The van der Waals surface area contributed by atoms with Gasteiger partial charge in [0.2, 0.25) is 0 Å². The molecule has 0 bridgehead atoms. The van der Waals surface area contributed by atoms with E-state index in [9.17, 15) is 0 Å². The topological polar surface area (TPSA) is 15.3 Å². The molecule has 1 aliphatic heterocycles. The van der Waals surface area contributed by atoms with Crippen LogP contribution in [0.3, 0.4) is 0 Å². The van der Waals surface area contributed by atoms with E-state index in [1.807, 2.05) is 0 Å². The van der Waals surface area contributed by atoms with Crippen LogP contribution in [0.2, 0.25) is 0 Å². The summed E-state index contributed by atoms with van der Waals surface area (Å²) in [4.78, 5) is 2.70. The van der Waals surface area contributed by atoms with Gasteiger partial charge < -0.3 is 10.2 Å². The van der Waals surface area contributed by atoms with Gasteiger partial charge >= 0.3 is 0 Å². The van der Waals surface area contributed by atoms with Crippen LogP contribution in [0.15, 0.2) is 18.2 Å². The highest BCUT2D eigenvalue weighted by Gasteiger charge is 2.34. The summed E-state index contributed by atoms with van der Waals surface area (Å²) in [5.41, 5.74) is 4.21. The molecule has 2 atom stereocenters. The van der Waals surface area contributed by atoms with Gasteiger partial charge in [-0.3, -0.25) is 0 Å². The monoisotopic (exact) mass is 272 g/mol. The van der Waals surface area contributed by atoms with Crippen LogP contribution in [-0.4, -0.2) is 30.6 Å². The highest BCUT2D eigenvalue weighted by molar-refractivity contribution is 5.31. The van der Waals surface area contributed by atoms with Crippen molar-refractivity contribution in [3.63, 3.8) is 0 Å². The minimum absolute atomic E-state index is 0.462. The van der Waals surface area contributed by atoms with Crippen LogP contribution in [0.25, 0.3) is 0 Å². The second kappa shape index (κ2) is 5.87. The van der Waals surface area contributed by atoms with Gasteiger partial charge in [0, 0.05) is 18.6 Å². The number of benzene rings is 1. The van der Waals surface area contributed by atoms with Crippen molar-refractivity contribution < 1.29 is 0 Å². The fourth-order valence-electron chi connectivity index (χ4n) is 3.30. The highest BCUT2D eigenvalue weighted by Crippen LogP contribution is 2.31. The Morgan fingerprint density at radius 3 is 2.70 bits per heavy atom. The van der Waals surface area contributed by atoms with Gasteiger partial charge in [0.05, 0.1) is 0 Å². The molecule has 0 aromatic heterocycles. The van der Waals surface area contributed by atoms with Crippen LogP contribution in [0.4, 0.5) is 0 Å². The summed E-state index contributed by atoms with van der Waals surface area (Å²) in [6.07, 6.45) is 4.27. The van der Waals surface area contributed by atoms with E-state index in [4.69, 9.17) is 0 Å². The lowest BCUT2D eigenvalue weighted by Crippen LogP contribution is -2.29. The molecule has 1 heterocycles. The SMILES string of the molecule is Cc1ccc(C(C)NCC2CCN(C3CC3)C2)cc1C. The molecule has 3 rings (SSSR count). The first kappa shape index (κ1) is 14.1. The first-order chi connectivity index (χ1) is 9.63. The molecule has 2 fully saturated rings. The molecule has 1 N–H and O–H groups in total. The van der Waals surface area contributed by atoms with Crippen LogP contribution in [0, 0.1) is 19.8 Å². The lowest BCUT2D eigenvalue weighted by Gasteiger charge is -2.19. The molecule has 1 saturated heterocycles. The molecule has 1 aromatic carbocycles. The van der Waals surface area contributed by atoms with Gasteiger partial charge in [0.15, 0.2) is 0 Å². The molecule has 20 heavy (non-hydrogen) atoms. The number of hydrogen-bond acceptors (Lipinski definition) is 2. The first-order valence-electron chi connectivity index (χ1n) is 8.18. The number of nitrogens with zero attached hydrogens (tertiary/aromatic N) is 1. The average molecular weight is 272 g/mol. The van der Waals surface area contributed by atoms with Crippen LogP contribution >= 0.6 is 0 Å². The van der Waals surface area contributed by atoms with Crippen molar-refractivity contribution in [1.82, 2.24) is 10.2 Å². The van der Waals surface area contributed by atoms with E-state index in [1.165, 1.54) is 49.0 Å². The summed E-state index contributed by atoms with van der Waals surface area (Å²) in [5, 5.41) is 3.74. The van der Waals surface area contributed by atoms with Gasteiger partial charge in [-0.1, -0.05) is 18.2 Å². The van der Waals surface area contributed by atoms with Crippen molar-refractivity contribution in [2.75, 3.05) is 19.6 Å². The number of aryl methyl sites for hydroxylation is 2. The standard InChI is InChI=1S/C18H28N2/c1-13-4-5-17(10-14(13)2)15(3)19-11-16-8-9-20(12-16)18-6-7-18/h4-5,10,15-16,18-19H,6-9,11-12H2,1-3H3. The number of nitrogens with one attached hydrogen (secondary N) is 1. The zero-order chi connectivity index (χ0) is 14.1. The van der Waals surface area contributed by atoms with Crippen molar-refractivity contribution in [1.29, 1.82) is 0 Å². The predicted molar refractivity (Wildman–Crippen MR) is 85.0 cm³/mol. The van der Waals surface area contributed by atoms with Crippen molar-refractivity contribution in [2.24, 2.45) is 5.92 Å². The summed E-state index contributed by atoms with van der Waals surface area (Å²) < 4.78 is 0. The summed E-state index contributed by atoms with van der Waals surface area (Å²) in [7, 11) is 0. The number of hydrogen-bond donors (Lipinski definition) is 1. The highest BCUT2D eigenvalue weighted by atomic mass is 15.2. The fraction of sp³-hybridized carbons (Fsp3) is 0.667. The molecule has 1 aliphatic carbocycles. The molecular weight excluding hydrogens is 244 g/mol. The van der Waals surface area contributed by atoms with Gasteiger partial charge in [-0.05, 0) is 75.7 Å². The van der Waals surface area contributed by atoms with Crippen molar-refractivity contribution >= 4 is 0 Å². The molecule has 1 aromatic rings. The largest absolute Gasteiger partial charge is 0.310 e. The van der Waals surface area contributed by atoms with Gasteiger partial charge in [0.1, 0.15) is 0 Å². The van der Waals surface area contributed by atoms with E-state index in [-0.39, 0.29) is 0 Å². The molecule has 2 unspecified atom stereocenters. The van der Waals surface area contributed by atoms with Crippen LogP contribution in [0.1, 0.15) is 48.9 Å². The Hall–Kier alpha value is -0.860. The minimum Gasteiger partial charge on any atom is -0.310 e. The van der Waals surface area contributed by atoms with E-state index in [1.54, 1.807) is 0 Å². The Morgan fingerprint density at radius 1 is 1.20 bits per heavy atom. The lowest BCUT2D eigenvalue weighted by atomic mass is 10.0. The molecule has 2 aliphatic rings. The maximum atomic E-state index is 3.74. The van der Waals surface area contributed by atoms with E-state index < -0.39 is 0 Å². The summed E-state index contributed by atoms with van der Waals surface area (Å²) in [5.74, 6) is 0.851. The fourth-order valence-corrected chi connectivity index (χ4v) is 3.30. The Balaban J connectivity index is 1.49. The first-order valence-corrected chi connectivity index (χ1v) is 8.18. The quantitative estimate of drug-likeness (QED) is 0.883. The third kappa shape index (κ3) is 3.24. The maximum Gasteiger partial charge on any atom is 0.0292 e. The van der Waals surface area contributed by atoms with Crippen LogP contribution in [0.5, 0.6) is 0 Å². The van der Waals surface area contributed by atoms with Gasteiger partial charge in [-0.2, -0.15) is 0 Å². The summed E-state index contributed by atoms with van der Waals surface area (Å²) in [6.45, 7) is 10.5. The van der Waals surface area contributed by atoms with Crippen molar-refractivity contribution in [3.05, 3.63) is 34.9 Å². The normalized spacial score (nSPS) is 25.1. The molecule has 1 saturated carbocycles. The van der Waals surface area contributed by atoms with E-state index in [2.05, 4.69) is 49.2 Å². The van der Waals surface area contributed by atoms with Crippen LogP contribution in [-0.2, 0) is 0 Å². The van der Waals surface area contributed by atoms with E-state index in [0.29, 0.717) is 6.04 Å². The second-order valence-corrected chi connectivity index (χ2v) is 6.85. The van der Waals surface area contributed by atoms with Gasteiger partial charge in [-0.15, -0.1) is 0 Å². The Kier molecular flexibility index (Phi) is 4.13. The maximum absolute atomic E-state index is 3.74. The summed E-state index contributed by atoms with van der Waals surface area (Å²) in [6, 6.07) is 8.25. The number of likely N-dealkylation sites (tertiary alicyclic amines) is 1. The van der Waals surface area contributed by atoms with Crippen molar-refractivity contribution in [3.8, 4) is 0 Å². The molecule has 110 valence electrons. The van der Waals surface area contributed by atoms with Crippen LogP contribution < -0.4 is 5.32 Å². The lowest BCUT2D eigenvalue weighted by molar-refractivity contribution is 0.310. The molecule has 0 radical (unpaired) electrons. The summed E-state index contributed by atoms with van der Waals surface area (Å²) >= 11 is 0. The zero-order valence-corrected chi connectivity index (χ0v) is 13.2. The molecule has 2 heteroatoms. The molecular formula is C18H28N2. The molecule has 0 spiro atoms. The zero-order valence-electron chi connectivity index (χ0n) is 13.2. The third-order valence-electron chi connectivity index (χ3n) is 5.12. The Bertz CT molecular complexity index is 464. The Labute approximate surface area is 123 Å². The van der Waals surface area contributed by atoms with E-state index in [0.717, 1.165) is 18.5 Å². The molecule has 0 amide bonds. The van der Waals surface area contributed by atoms with Crippen molar-refractivity contribution in [2.45, 2.75) is 52.1 Å². The average Bonchev–Trinajstić information content (AvgIpc) is 3.18. The smallest absolute Gasteiger partial charge is 0.0292 e. The second-order valence-electron chi connectivity index (χ2n) is 6.85.